The molecule has 0 spiro atoms. The number of nitrogen functional groups attached to an aromatic ring is 1. The van der Waals surface area contributed by atoms with Gasteiger partial charge >= 0.3 is 0 Å². The highest BCUT2D eigenvalue weighted by atomic mass is 79.9. The SMILES string of the molecule is Nc1ccc(Br)c(Cl)c1-c1nnc(-c2ccc3nonc3c2)s1. The summed E-state index contributed by atoms with van der Waals surface area (Å²) in [5, 5.41) is 18.0. The first-order valence-electron chi connectivity index (χ1n) is 6.43. The van der Waals surface area contributed by atoms with Gasteiger partial charge in [0.1, 0.15) is 16.0 Å². The molecule has 0 unspecified atom stereocenters. The van der Waals surface area contributed by atoms with Crippen molar-refractivity contribution in [3.63, 3.8) is 0 Å². The predicted octanol–water partition coefficient (Wildman–Crippen LogP) is 4.41. The lowest BCUT2D eigenvalue weighted by atomic mass is 10.2. The van der Waals surface area contributed by atoms with E-state index >= 15 is 0 Å². The van der Waals surface area contributed by atoms with E-state index in [-0.39, 0.29) is 0 Å². The van der Waals surface area contributed by atoms with Crippen LogP contribution in [-0.2, 0) is 0 Å². The minimum Gasteiger partial charge on any atom is -0.398 e. The van der Waals surface area contributed by atoms with Crippen LogP contribution in [0.4, 0.5) is 5.69 Å². The van der Waals surface area contributed by atoms with Crippen LogP contribution in [0.5, 0.6) is 0 Å². The lowest BCUT2D eigenvalue weighted by Gasteiger charge is -2.05. The minimum atomic E-state index is 0.517. The van der Waals surface area contributed by atoms with Crippen LogP contribution in [0.2, 0.25) is 5.02 Å². The number of rotatable bonds is 2. The molecule has 4 rings (SSSR count). The van der Waals surface area contributed by atoms with Crippen molar-refractivity contribution in [1.82, 2.24) is 20.5 Å². The van der Waals surface area contributed by atoms with Crippen molar-refractivity contribution in [2.24, 2.45) is 0 Å². The second-order valence-electron chi connectivity index (χ2n) is 4.71. The van der Waals surface area contributed by atoms with Gasteiger partial charge in [-0.1, -0.05) is 22.9 Å². The fraction of sp³-hybridized carbons (Fsp3) is 0. The average Bonchev–Trinajstić information content (AvgIpc) is 3.19. The van der Waals surface area contributed by atoms with Crippen LogP contribution in [0.25, 0.3) is 32.2 Å². The third kappa shape index (κ3) is 2.48. The predicted molar refractivity (Wildman–Crippen MR) is 93.3 cm³/mol. The van der Waals surface area contributed by atoms with Gasteiger partial charge in [0.25, 0.3) is 0 Å². The highest BCUT2D eigenvalue weighted by molar-refractivity contribution is 9.10. The van der Waals surface area contributed by atoms with Gasteiger partial charge in [-0.2, -0.15) is 0 Å². The molecule has 0 aliphatic heterocycles. The summed E-state index contributed by atoms with van der Waals surface area (Å²) in [6, 6.07) is 9.14. The molecule has 0 saturated carbocycles. The van der Waals surface area contributed by atoms with Crippen LogP contribution in [0.1, 0.15) is 0 Å². The number of nitrogens with two attached hydrogens (primary N) is 1. The normalized spacial score (nSPS) is 11.2. The molecule has 114 valence electrons. The summed E-state index contributed by atoms with van der Waals surface area (Å²) in [4.78, 5) is 0. The molecule has 0 fully saturated rings. The summed E-state index contributed by atoms with van der Waals surface area (Å²) < 4.78 is 5.46. The largest absolute Gasteiger partial charge is 0.398 e. The van der Waals surface area contributed by atoms with Crippen LogP contribution < -0.4 is 5.73 Å². The lowest BCUT2D eigenvalue weighted by molar-refractivity contribution is 0.315. The Labute approximate surface area is 147 Å². The van der Waals surface area contributed by atoms with Crippen LogP contribution in [-0.4, -0.2) is 20.5 Å². The van der Waals surface area contributed by atoms with Gasteiger partial charge in [-0.15, -0.1) is 10.2 Å². The Bertz CT molecular complexity index is 1030. The first kappa shape index (κ1) is 14.6. The van der Waals surface area contributed by atoms with E-state index in [1.165, 1.54) is 11.3 Å². The average molecular weight is 409 g/mol. The molecule has 23 heavy (non-hydrogen) atoms. The molecule has 0 amide bonds. The Balaban J connectivity index is 1.81. The van der Waals surface area contributed by atoms with E-state index in [2.05, 4.69) is 36.4 Å². The number of nitrogens with zero attached hydrogens (tertiary/aromatic N) is 4. The minimum absolute atomic E-state index is 0.517. The van der Waals surface area contributed by atoms with Gasteiger partial charge in [0.05, 0.1) is 10.6 Å². The molecule has 0 aliphatic carbocycles. The van der Waals surface area contributed by atoms with E-state index in [0.717, 1.165) is 15.0 Å². The quantitative estimate of drug-likeness (QED) is 0.494. The summed E-state index contributed by atoms with van der Waals surface area (Å²) in [6.45, 7) is 0. The molecule has 2 aromatic carbocycles. The van der Waals surface area contributed by atoms with Gasteiger partial charge in [-0.3, -0.25) is 0 Å². The second-order valence-corrected chi connectivity index (χ2v) is 6.92. The number of hydrogen-bond donors (Lipinski definition) is 1. The third-order valence-corrected chi connectivity index (χ3v) is 5.54. The summed E-state index contributed by atoms with van der Waals surface area (Å²) in [5.41, 5.74) is 9.50. The smallest absolute Gasteiger partial charge is 0.151 e. The van der Waals surface area contributed by atoms with Gasteiger partial charge < -0.3 is 5.73 Å². The Morgan fingerprint density at radius 2 is 1.83 bits per heavy atom. The second kappa shape index (κ2) is 5.55. The number of anilines is 1. The van der Waals surface area contributed by atoms with Crippen LogP contribution in [0.15, 0.2) is 39.4 Å². The molecule has 0 aliphatic rings. The molecule has 0 bridgehead atoms. The molecule has 2 heterocycles. The van der Waals surface area contributed by atoms with E-state index in [0.29, 0.717) is 32.3 Å². The summed E-state index contributed by atoms with van der Waals surface area (Å²) >= 11 is 11.1. The van der Waals surface area contributed by atoms with Gasteiger partial charge in [0, 0.05) is 15.7 Å². The molecule has 2 aromatic heterocycles. The van der Waals surface area contributed by atoms with Crippen molar-refractivity contribution in [3.05, 3.63) is 39.8 Å². The van der Waals surface area contributed by atoms with E-state index < -0.39 is 0 Å². The zero-order valence-electron chi connectivity index (χ0n) is 11.3. The van der Waals surface area contributed by atoms with Gasteiger partial charge in [0.2, 0.25) is 0 Å². The zero-order chi connectivity index (χ0) is 16.0. The Morgan fingerprint density at radius 1 is 1.04 bits per heavy atom. The fourth-order valence-corrected chi connectivity index (χ4v) is 3.70. The molecule has 9 heteroatoms. The maximum atomic E-state index is 6.33. The molecule has 6 nitrogen and oxygen atoms in total. The van der Waals surface area contributed by atoms with Crippen LogP contribution in [0, 0.1) is 0 Å². The van der Waals surface area contributed by atoms with Crippen LogP contribution >= 0.6 is 38.9 Å². The highest BCUT2D eigenvalue weighted by Crippen LogP contribution is 2.40. The molecular formula is C14H7BrClN5OS. The summed E-state index contributed by atoms with van der Waals surface area (Å²) in [5.74, 6) is 0. The lowest BCUT2D eigenvalue weighted by Crippen LogP contribution is -1.91. The van der Waals surface area contributed by atoms with Gasteiger partial charge in [-0.25, -0.2) is 4.63 Å². The van der Waals surface area contributed by atoms with Gasteiger partial charge in [-0.05, 0) is 56.6 Å². The van der Waals surface area contributed by atoms with E-state index in [1.54, 1.807) is 12.1 Å². The van der Waals surface area contributed by atoms with Crippen molar-refractivity contribution in [3.8, 4) is 21.1 Å². The Kier molecular flexibility index (Phi) is 3.51. The topological polar surface area (TPSA) is 90.7 Å². The number of hydrogen-bond acceptors (Lipinski definition) is 7. The highest BCUT2D eigenvalue weighted by Gasteiger charge is 2.17. The Morgan fingerprint density at radius 3 is 2.70 bits per heavy atom. The van der Waals surface area contributed by atoms with Crippen molar-refractivity contribution in [2.75, 3.05) is 5.73 Å². The molecular weight excluding hydrogens is 402 g/mol. The maximum Gasteiger partial charge on any atom is 0.151 e. The molecule has 2 N–H and O–H groups in total. The van der Waals surface area contributed by atoms with Crippen LogP contribution in [0.3, 0.4) is 0 Å². The first-order valence-corrected chi connectivity index (χ1v) is 8.42. The zero-order valence-corrected chi connectivity index (χ0v) is 14.5. The summed E-state index contributed by atoms with van der Waals surface area (Å²) in [7, 11) is 0. The standard InChI is InChI=1S/C14H7BrClN5OS/c15-7-2-3-8(17)11(12(7)16)14-19-18-13(23-14)6-1-4-9-10(5-6)21-22-20-9/h1-5H,17H2. The molecule has 0 radical (unpaired) electrons. The maximum absolute atomic E-state index is 6.33. The fourth-order valence-electron chi connectivity index (χ4n) is 2.14. The molecule has 0 atom stereocenters. The number of benzene rings is 2. The molecule has 0 saturated heterocycles. The van der Waals surface area contributed by atoms with Crippen molar-refractivity contribution in [2.45, 2.75) is 0 Å². The monoisotopic (exact) mass is 407 g/mol. The van der Waals surface area contributed by atoms with Crippen molar-refractivity contribution < 1.29 is 4.63 Å². The number of aromatic nitrogens is 4. The number of halogens is 2. The summed E-state index contributed by atoms with van der Waals surface area (Å²) in [6.07, 6.45) is 0. The first-order chi connectivity index (χ1) is 11.1. The van der Waals surface area contributed by atoms with Crippen molar-refractivity contribution >= 4 is 55.6 Å². The number of fused-ring (bicyclic) bond motifs is 1. The van der Waals surface area contributed by atoms with E-state index in [4.69, 9.17) is 22.0 Å². The molecule has 4 aromatic rings. The van der Waals surface area contributed by atoms with Gasteiger partial charge in [0.15, 0.2) is 5.01 Å². The van der Waals surface area contributed by atoms with E-state index in [1.807, 2.05) is 18.2 Å². The van der Waals surface area contributed by atoms with E-state index in [9.17, 15) is 0 Å². The Hall–Kier alpha value is -2.03. The third-order valence-electron chi connectivity index (χ3n) is 3.27. The van der Waals surface area contributed by atoms with Crippen molar-refractivity contribution in [1.29, 1.82) is 0 Å².